The lowest BCUT2D eigenvalue weighted by atomic mass is 10.2. The lowest BCUT2D eigenvalue weighted by Gasteiger charge is -1.94. The molecule has 3 heterocycles. The summed E-state index contributed by atoms with van der Waals surface area (Å²) >= 11 is 0. The Bertz CT molecular complexity index is 638. The summed E-state index contributed by atoms with van der Waals surface area (Å²) in [7, 11) is 0. The molecule has 0 aromatic carbocycles. The summed E-state index contributed by atoms with van der Waals surface area (Å²) in [6.07, 6.45) is 3.38. The van der Waals surface area contributed by atoms with E-state index in [9.17, 15) is 4.91 Å². The van der Waals surface area contributed by atoms with Crippen molar-refractivity contribution in [3.8, 4) is 11.3 Å². The Morgan fingerprint density at radius 3 is 2.88 bits per heavy atom. The molecular formula is C12H8N2O2. The van der Waals surface area contributed by atoms with Crippen LogP contribution in [0.3, 0.4) is 0 Å². The number of nitroso groups, excluding NO2 is 1. The SMILES string of the molecule is O=Nc1c(-c2ccco2)cc2ccccn12. The zero-order chi connectivity index (χ0) is 11.0. The van der Waals surface area contributed by atoms with Crippen LogP contribution in [0.1, 0.15) is 0 Å². The Hall–Kier alpha value is -2.36. The summed E-state index contributed by atoms with van der Waals surface area (Å²) in [6, 6.07) is 11.2. The minimum Gasteiger partial charge on any atom is -0.464 e. The first-order valence-corrected chi connectivity index (χ1v) is 4.87. The molecule has 0 aliphatic heterocycles. The van der Waals surface area contributed by atoms with Crippen molar-refractivity contribution in [2.24, 2.45) is 5.18 Å². The van der Waals surface area contributed by atoms with Crippen LogP contribution in [0.2, 0.25) is 0 Å². The zero-order valence-electron chi connectivity index (χ0n) is 8.33. The van der Waals surface area contributed by atoms with E-state index in [1.54, 1.807) is 22.9 Å². The van der Waals surface area contributed by atoms with E-state index in [-0.39, 0.29) is 0 Å². The normalized spacial score (nSPS) is 10.8. The Morgan fingerprint density at radius 1 is 1.19 bits per heavy atom. The minimum absolute atomic E-state index is 0.366. The fourth-order valence-electron chi connectivity index (χ4n) is 1.82. The van der Waals surface area contributed by atoms with Gasteiger partial charge < -0.3 is 4.42 Å². The van der Waals surface area contributed by atoms with Gasteiger partial charge in [0.25, 0.3) is 0 Å². The molecule has 0 aliphatic carbocycles. The molecule has 0 fully saturated rings. The number of hydrogen-bond acceptors (Lipinski definition) is 3. The van der Waals surface area contributed by atoms with Crippen molar-refractivity contribution in [2.75, 3.05) is 0 Å². The summed E-state index contributed by atoms with van der Waals surface area (Å²) in [6.45, 7) is 0. The molecule has 3 aromatic rings. The van der Waals surface area contributed by atoms with Gasteiger partial charge in [-0.25, -0.2) is 0 Å². The van der Waals surface area contributed by atoms with Gasteiger partial charge in [0, 0.05) is 11.7 Å². The quantitative estimate of drug-likeness (QED) is 0.609. The molecule has 0 atom stereocenters. The number of fused-ring (bicyclic) bond motifs is 1. The standard InChI is InChI=1S/C12H8N2O2/c15-13-12-10(11-5-3-7-16-11)8-9-4-1-2-6-14(9)12/h1-8H. The number of furan rings is 1. The molecule has 3 aromatic heterocycles. The lowest BCUT2D eigenvalue weighted by Crippen LogP contribution is -1.80. The van der Waals surface area contributed by atoms with Crippen LogP contribution < -0.4 is 0 Å². The van der Waals surface area contributed by atoms with Crippen LogP contribution in [0.4, 0.5) is 5.82 Å². The number of aromatic nitrogens is 1. The highest BCUT2D eigenvalue weighted by Crippen LogP contribution is 2.33. The van der Waals surface area contributed by atoms with Gasteiger partial charge >= 0.3 is 0 Å². The third-order valence-corrected chi connectivity index (χ3v) is 2.53. The van der Waals surface area contributed by atoms with E-state index in [0.29, 0.717) is 17.1 Å². The van der Waals surface area contributed by atoms with Gasteiger partial charge in [-0.1, -0.05) is 6.07 Å². The molecule has 16 heavy (non-hydrogen) atoms. The first-order valence-electron chi connectivity index (χ1n) is 4.87. The highest BCUT2D eigenvalue weighted by molar-refractivity contribution is 5.78. The van der Waals surface area contributed by atoms with Crippen molar-refractivity contribution >= 4 is 11.3 Å². The van der Waals surface area contributed by atoms with E-state index >= 15 is 0 Å². The largest absolute Gasteiger partial charge is 0.464 e. The molecule has 0 radical (unpaired) electrons. The van der Waals surface area contributed by atoms with Crippen LogP contribution in [0.5, 0.6) is 0 Å². The summed E-state index contributed by atoms with van der Waals surface area (Å²) < 4.78 is 7.02. The maximum Gasteiger partial charge on any atom is 0.192 e. The molecule has 0 aliphatic rings. The first-order chi connectivity index (χ1) is 7.90. The number of hydrogen-bond donors (Lipinski definition) is 0. The second kappa shape index (κ2) is 3.34. The van der Waals surface area contributed by atoms with Crippen molar-refractivity contribution in [1.82, 2.24) is 4.40 Å². The Morgan fingerprint density at radius 2 is 2.12 bits per heavy atom. The summed E-state index contributed by atoms with van der Waals surface area (Å²) in [5.41, 5.74) is 1.63. The molecule has 0 N–H and O–H groups in total. The maximum absolute atomic E-state index is 10.9. The lowest BCUT2D eigenvalue weighted by molar-refractivity contribution is 0.582. The van der Waals surface area contributed by atoms with Gasteiger partial charge in [0.1, 0.15) is 5.76 Å². The molecule has 78 valence electrons. The zero-order valence-corrected chi connectivity index (χ0v) is 8.33. The highest BCUT2D eigenvalue weighted by atomic mass is 16.3. The Kier molecular flexibility index (Phi) is 1.86. The van der Waals surface area contributed by atoms with E-state index in [1.165, 1.54) is 0 Å². The predicted octanol–water partition coefficient (Wildman–Crippen LogP) is 3.60. The molecule has 4 heteroatoms. The van der Waals surface area contributed by atoms with Crippen molar-refractivity contribution in [2.45, 2.75) is 0 Å². The van der Waals surface area contributed by atoms with Crippen LogP contribution >= 0.6 is 0 Å². The number of nitrogens with zero attached hydrogens (tertiary/aromatic N) is 2. The van der Waals surface area contributed by atoms with Crippen molar-refractivity contribution in [3.05, 3.63) is 53.8 Å². The molecule has 0 spiro atoms. The van der Waals surface area contributed by atoms with Gasteiger partial charge in [0.15, 0.2) is 5.82 Å². The van der Waals surface area contributed by atoms with Crippen molar-refractivity contribution < 1.29 is 4.42 Å². The van der Waals surface area contributed by atoms with Gasteiger partial charge in [0.05, 0.1) is 11.8 Å². The van der Waals surface area contributed by atoms with Gasteiger partial charge in [-0.2, -0.15) is 0 Å². The minimum atomic E-state index is 0.366. The topological polar surface area (TPSA) is 47.0 Å². The van der Waals surface area contributed by atoms with Gasteiger partial charge in [-0.15, -0.1) is 4.91 Å². The Balaban J connectivity index is 2.37. The number of rotatable bonds is 2. The molecule has 0 bridgehead atoms. The van der Waals surface area contributed by atoms with Crippen molar-refractivity contribution in [3.63, 3.8) is 0 Å². The van der Waals surface area contributed by atoms with Crippen LogP contribution in [-0.2, 0) is 0 Å². The van der Waals surface area contributed by atoms with E-state index in [0.717, 1.165) is 5.52 Å². The third-order valence-electron chi connectivity index (χ3n) is 2.53. The van der Waals surface area contributed by atoms with E-state index in [2.05, 4.69) is 5.18 Å². The number of pyridine rings is 1. The molecule has 0 amide bonds. The smallest absolute Gasteiger partial charge is 0.192 e. The third kappa shape index (κ3) is 1.16. The van der Waals surface area contributed by atoms with Crippen LogP contribution in [0, 0.1) is 4.91 Å². The predicted molar refractivity (Wildman–Crippen MR) is 60.6 cm³/mol. The first kappa shape index (κ1) is 8.91. The molecular weight excluding hydrogens is 204 g/mol. The van der Waals surface area contributed by atoms with Gasteiger partial charge in [-0.3, -0.25) is 4.40 Å². The fraction of sp³-hybridized carbons (Fsp3) is 0. The Labute approximate surface area is 91.1 Å². The van der Waals surface area contributed by atoms with Crippen LogP contribution in [-0.4, -0.2) is 4.40 Å². The van der Waals surface area contributed by atoms with Gasteiger partial charge in [-0.05, 0) is 35.5 Å². The summed E-state index contributed by atoms with van der Waals surface area (Å²) in [4.78, 5) is 10.9. The van der Waals surface area contributed by atoms with E-state index in [4.69, 9.17) is 4.42 Å². The molecule has 0 saturated carbocycles. The van der Waals surface area contributed by atoms with E-state index in [1.807, 2.05) is 30.3 Å². The van der Waals surface area contributed by atoms with Crippen molar-refractivity contribution in [1.29, 1.82) is 0 Å². The highest BCUT2D eigenvalue weighted by Gasteiger charge is 2.13. The van der Waals surface area contributed by atoms with E-state index < -0.39 is 0 Å². The van der Waals surface area contributed by atoms with Crippen LogP contribution in [0.25, 0.3) is 16.8 Å². The second-order valence-corrected chi connectivity index (χ2v) is 3.45. The molecule has 4 nitrogen and oxygen atoms in total. The second-order valence-electron chi connectivity index (χ2n) is 3.45. The average Bonchev–Trinajstić information content (AvgIpc) is 2.95. The summed E-state index contributed by atoms with van der Waals surface area (Å²) in [5, 5.41) is 3.07. The molecule has 0 unspecified atom stereocenters. The monoisotopic (exact) mass is 212 g/mol. The average molecular weight is 212 g/mol. The molecule has 3 rings (SSSR count). The molecule has 0 saturated heterocycles. The van der Waals surface area contributed by atoms with Crippen LogP contribution in [0.15, 0.2) is 58.5 Å². The summed E-state index contributed by atoms with van der Waals surface area (Å²) in [5.74, 6) is 1.02. The van der Waals surface area contributed by atoms with Gasteiger partial charge in [0.2, 0.25) is 0 Å². The maximum atomic E-state index is 10.9. The fourth-order valence-corrected chi connectivity index (χ4v) is 1.82.